The van der Waals surface area contributed by atoms with Crippen LogP contribution in [0.5, 0.6) is 0 Å². The number of nitrogens with zero attached hydrogens (tertiary/aromatic N) is 2. The molecule has 9 nitrogen and oxygen atoms in total. The third-order valence-electron chi connectivity index (χ3n) is 5.63. The largest absolute Gasteiger partial charge is 0.444 e. The Labute approximate surface area is 190 Å². The van der Waals surface area contributed by atoms with Gasteiger partial charge in [-0.3, -0.25) is 4.90 Å². The van der Waals surface area contributed by atoms with E-state index in [4.69, 9.17) is 18.9 Å². The number of likely N-dealkylation sites (tertiary alicyclic amines) is 2. The Balaban J connectivity index is 1.76. The Morgan fingerprint density at radius 1 is 0.906 bits per heavy atom. The summed E-state index contributed by atoms with van der Waals surface area (Å²) in [4.78, 5) is 41.3. The first-order valence-electron chi connectivity index (χ1n) is 11.3. The summed E-state index contributed by atoms with van der Waals surface area (Å²) in [6, 6.07) is -0.843. The van der Waals surface area contributed by atoms with Crippen LogP contribution in [-0.4, -0.2) is 76.7 Å². The summed E-state index contributed by atoms with van der Waals surface area (Å²) in [6.07, 6.45) is 0.219. The molecule has 3 heterocycles. The van der Waals surface area contributed by atoms with Crippen LogP contribution in [0.25, 0.3) is 0 Å². The van der Waals surface area contributed by atoms with Crippen molar-refractivity contribution in [1.29, 1.82) is 0 Å². The molecule has 32 heavy (non-hydrogen) atoms. The predicted octanol–water partition coefficient (Wildman–Crippen LogP) is 3.61. The van der Waals surface area contributed by atoms with E-state index in [0.717, 1.165) is 12.8 Å². The molecule has 0 aromatic carbocycles. The van der Waals surface area contributed by atoms with Crippen molar-refractivity contribution in [2.24, 2.45) is 0 Å². The van der Waals surface area contributed by atoms with E-state index < -0.39 is 47.8 Å². The van der Waals surface area contributed by atoms with E-state index in [1.807, 2.05) is 20.8 Å². The Hall–Kier alpha value is -2.29. The number of ether oxygens (including phenoxy) is 4. The molecule has 0 saturated carbocycles. The van der Waals surface area contributed by atoms with E-state index in [1.54, 1.807) is 30.6 Å². The lowest BCUT2D eigenvalue weighted by Crippen LogP contribution is -2.55. The van der Waals surface area contributed by atoms with Gasteiger partial charge in [-0.1, -0.05) is 6.58 Å². The van der Waals surface area contributed by atoms with Crippen molar-refractivity contribution in [3.63, 3.8) is 0 Å². The normalized spacial score (nSPS) is 29.2. The second kappa shape index (κ2) is 8.92. The highest BCUT2D eigenvalue weighted by Gasteiger charge is 2.49. The molecule has 3 rings (SSSR count). The Morgan fingerprint density at radius 2 is 1.38 bits per heavy atom. The molecule has 0 radical (unpaired) electrons. The van der Waals surface area contributed by atoms with Crippen molar-refractivity contribution in [2.45, 2.75) is 103 Å². The molecule has 2 unspecified atom stereocenters. The lowest BCUT2D eigenvalue weighted by atomic mass is 9.99. The number of hydrogen-bond donors (Lipinski definition) is 0. The quantitative estimate of drug-likeness (QED) is 0.359. The fourth-order valence-corrected chi connectivity index (χ4v) is 4.32. The lowest BCUT2D eigenvalue weighted by Gasteiger charge is -2.41. The van der Waals surface area contributed by atoms with Crippen LogP contribution in [0.15, 0.2) is 12.2 Å². The van der Waals surface area contributed by atoms with Crippen LogP contribution in [0.3, 0.4) is 0 Å². The van der Waals surface area contributed by atoms with Crippen molar-refractivity contribution in [3.05, 3.63) is 12.2 Å². The maximum Gasteiger partial charge on any atom is 0.410 e. The highest BCUT2D eigenvalue weighted by atomic mass is 16.7. The summed E-state index contributed by atoms with van der Waals surface area (Å²) >= 11 is 0. The summed E-state index contributed by atoms with van der Waals surface area (Å²) in [5.74, 6) is -0.571. The molecule has 180 valence electrons. The van der Waals surface area contributed by atoms with E-state index >= 15 is 0 Å². The van der Waals surface area contributed by atoms with Crippen molar-refractivity contribution in [1.82, 2.24) is 9.80 Å². The van der Waals surface area contributed by atoms with Gasteiger partial charge >= 0.3 is 18.2 Å². The Bertz CT molecular complexity index is 767. The van der Waals surface area contributed by atoms with Crippen LogP contribution in [-0.2, 0) is 23.7 Å². The first kappa shape index (κ1) is 24.4. The standard InChI is InChI=1S/C23H36N2O7/c1-14-17(15-10-8-12-24(15)20(27)31-22(2,3)4)29-19(30-18(14)26)16-11-9-13-25(16)21(28)32-23(5,6)7/h15-17,19H,1,8-13H2,2-7H3/t15-,16-,17?,19?/m0/s1. The van der Waals surface area contributed by atoms with Gasteiger partial charge in [0.15, 0.2) is 0 Å². The second-order valence-electron chi connectivity index (χ2n) is 10.6. The minimum absolute atomic E-state index is 0.170. The van der Waals surface area contributed by atoms with Gasteiger partial charge in [0.05, 0.1) is 17.7 Å². The first-order chi connectivity index (χ1) is 14.8. The molecular weight excluding hydrogens is 416 g/mol. The van der Waals surface area contributed by atoms with Gasteiger partial charge in [-0.2, -0.15) is 0 Å². The summed E-state index contributed by atoms with van der Waals surface area (Å²) < 4.78 is 22.8. The van der Waals surface area contributed by atoms with Crippen LogP contribution in [0.2, 0.25) is 0 Å². The molecule has 0 spiro atoms. The van der Waals surface area contributed by atoms with E-state index in [0.29, 0.717) is 25.9 Å². The molecule has 0 N–H and O–H groups in total. The van der Waals surface area contributed by atoms with Crippen LogP contribution in [0.4, 0.5) is 9.59 Å². The molecule has 3 aliphatic heterocycles. The molecule has 0 aliphatic carbocycles. The van der Waals surface area contributed by atoms with Crippen molar-refractivity contribution in [2.75, 3.05) is 13.1 Å². The third-order valence-corrected chi connectivity index (χ3v) is 5.63. The zero-order valence-electron chi connectivity index (χ0n) is 20.0. The molecule has 3 fully saturated rings. The number of carbonyl (C=O) groups excluding carboxylic acids is 3. The van der Waals surface area contributed by atoms with Gasteiger partial charge < -0.3 is 23.8 Å². The molecule has 0 aromatic heterocycles. The fourth-order valence-electron chi connectivity index (χ4n) is 4.32. The van der Waals surface area contributed by atoms with Crippen molar-refractivity contribution < 1.29 is 33.3 Å². The van der Waals surface area contributed by atoms with Gasteiger partial charge in [0.25, 0.3) is 0 Å². The zero-order valence-corrected chi connectivity index (χ0v) is 20.0. The smallest absolute Gasteiger partial charge is 0.410 e. The van der Waals surface area contributed by atoms with Crippen molar-refractivity contribution >= 4 is 18.2 Å². The van der Waals surface area contributed by atoms with Gasteiger partial charge in [0.1, 0.15) is 17.3 Å². The monoisotopic (exact) mass is 452 g/mol. The second-order valence-corrected chi connectivity index (χ2v) is 10.6. The van der Waals surface area contributed by atoms with E-state index in [-0.39, 0.29) is 11.6 Å². The molecular formula is C23H36N2O7. The number of esters is 1. The Kier molecular flexibility index (Phi) is 6.79. The molecule has 2 amide bonds. The van der Waals surface area contributed by atoms with Gasteiger partial charge in [-0.15, -0.1) is 0 Å². The van der Waals surface area contributed by atoms with E-state index in [1.165, 1.54) is 0 Å². The highest BCUT2D eigenvalue weighted by Crippen LogP contribution is 2.35. The number of amides is 2. The maximum absolute atomic E-state index is 12.7. The molecule has 0 aromatic rings. The highest BCUT2D eigenvalue weighted by molar-refractivity contribution is 5.90. The number of rotatable bonds is 2. The SMILES string of the molecule is C=C1C(=O)OC([C@@H]2CCCN2C(=O)OC(C)(C)C)OC1[C@@H]1CCCN1C(=O)OC(C)(C)C. The van der Waals surface area contributed by atoms with Crippen LogP contribution in [0, 0.1) is 0 Å². The van der Waals surface area contributed by atoms with Crippen LogP contribution >= 0.6 is 0 Å². The summed E-state index contributed by atoms with van der Waals surface area (Å²) in [7, 11) is 0. The fraction of sp³-hybridized carbons (Fsp3) is 0.783. The molecule has 4 atom stereocenters. The summed E-state index contributed by atoms with van der Waals surface area (Å²) in [5, 5.41) is 0. The zero-order chi connectivity index (χ0) is 23.8. The van der Waals surface area contributed by atoms with Crippen LogP contribution < -0.4 is 0 Å². The lowest BCUT2D eigenvalue weighted by molar-refractivity contribution is -0.220. The summed E-state index contributed by atoms with van der Waals surface area (Å²) in [6.45, 7) is 15.7. The maximum atomic E-state index is 12.7. The number of cyclic esters (lactones) is 1. The van der Waals surface area contributed by atoms with Gasteiger partial charge in [-0.25, -0.2) is 14.4 Å². The first-order valence-corrected chi connectivity index (χ1v) is 11.3. The van der Waals surface area contributed by atoms with Gasteiger partial charge in [-0.05, 0) is 67.2 Å². The average Bonchev–Trinajstić information content (AvgIpc) is 3.30. The summed E-state index contributed by atoms with van der Waals surface area (Å²) in [5.41, 5.74) is -1.10. The van der Waals surface area contributed by atoms with E-state index in [2.05, 4.69) is 6.58 Å². The molecule has 3 aliphatic rings. The topological polar surface area (TPSA) is 94.6 Å². The van der Waals surface area contributed by atoms with Gasteiger partial charge in [0, 0.05) is 13.1 Å². The molecule has 0 bridgehead atoms. The minimum Gasteiger partial charge on any atom is -0.444 e. The molecule has 9 heteroatoms. The van der Waals surface area contributed by atoms with Crippen molar-refractivity contribution in [3.8, 4) is 0 Å². The van der Waals surface area contributed by atoms with E-state index in [9.17, 15) is 14.4 Å². The number of hydrogen-bond acceptors (Lipinski definition) is 7. The predicted molar refractivity (Wildman–Crippen MR) is 116 cm³/mol. The van der Waals surface area contributed by atoms with Gasteiger partial charge in [0.2, 0.25) is 6.29 Å². The molecule has 3 saturated heterocycles. The minimum atomic E-state index is -0.950. The Morgan fingerprint density at radius 3 is 1.88 bits per heavy atom. The van der Waals surface area contributed by atoms with Crippen LogP contribution in [0.1, 0.15) is 67.2 Å². The number of carbonyl (C=O) groups is 3. The average molecular weight is 453 g/mol. The third kappa shape index (κ3) is 5.54.